The van der Waals surface area contributed by atoms with Gasteiger partial charge in [-0.1, -0.05) is 32.0 Å². The molecular formula is C17H27NO3. The molecule has 0 aliphatic heterocycles. The molecule has 0 aliphatic carbocycles. The van der Waals surface area contributed by atoms with Crippen molar-refractivity contribution in [3.63, 3.8) is 0 Å². The van der Waals surface area contributed by atoms with Crippen LogP contribution in [0.2, 0.25) is 0 Å². The van der Waals surface area contributed by atoms with Gasteiger partial charge in [0.15, 0.2) is 0 Å². The Morgan fingerprint density at radius 3 is 2.52 bits per heavy atom. The van der Waals surface area contributed by atoms with E-state index in [9.17, 15) is 4.79 Å². The summed E-state index contributed by atoms with van der Waals surface area (Å²) in [5, 5.41) is 9.05. The summed E-state index contributed by atoms with van der Waals surface area (Å²) in [6, 6.07) is 10.1. The SMILES string of the molecule is CCC(C)N(CCCOc1ccccc1)CC(C)C(=O)O. The van der Waals surface area contributed by atoms with Crippen LogP contribution in [0.3, 0.4) is 0 Å². The van der Waals surface area contributed by atoms with Crippen molar-refractivity contribution < 1.29 is 14.6 Å². The lowest BCUT2D eigenvalue weighted by Crippen LogP contribution is -2.39. The van der Waals surface area contributed by atoms with Gasteiger partial charge < -0.3 is 9.84 Å². The lowest BCUT2D eigenvalue weighted by Gasteiger charge is -2.29. The topological polar surface area (TPSA) is 49.8 Å². The van der Waals surface area contributed by atoms with Gasteiger partial charge in [0.25, 0.3) is 0 Å². The molecule has 0 radical (unpaired) electrons. The molecular weight excluding hydrogens is 266 g/mol. The first kappa shape index (κ1) is 17.5. The fourth-order valence-electron chi connectivity index (χ4n) is 2.15. The smallest absolute Gasteiger partial charge is 0.307 e. The van der Waals surface area contributed by atoms with Gasteiger partial charge >= 0.3 is 5.97 Å². The zero-order valence-electron chi connectivity index (χ0n) is 13.3. The first-order valence-corrected chi connectivity index (χ1v) is 7.69. The van der Waals surface area contributed by atoms with Crippen LogP contribution in [-0.4, -0.2) is 41.7 Å². The lowest BCUT2D eigenvalue weighted by molar-refractivity contribution is -0.141. The summed E-state index contributed by atoms with van der Waals surface area (Å²) >= 11 is 0. The normalized spacial score (nSPS) is 13.9. The Balaban J connectivity index is 2.37. The minimum absolute atomic E-state index is 0.339. The van der Waals surface area contributed by atoms with Crippen LogP contribution in [0.25, 0.3) is 0 Å². The van der Waals surface area contributed by atoms with Crippen molar-refractivity contribution in [3.8, 4) is 5.75 Å². The van der Waals surface area contributed by atoms with Gasteiger partial charge in [0.05, 0.1) is 12.5 Å². The molecule has 118 valence electrons. The average Bonchev–Trinajstić information content (AvgIpc) is 2.50. The lowest BCUT2D eigenvalue weighted by atomic mass is 10.1. The Hall–Kier alpha value is -1.55. The minimum Gasteiger partial charge on any atom is -0.494 e. The van der Waals surface area contributed by atoms with E-state index in [0.29, 0.717) is 19.2 Å². The van der Waals surface area contributed by atoms with Crippen LogP contribution in [-0.2, 0) is 4.79 Å². The molecule has 0 saturated carbocycles. The second-order valence-corrected chi connectivity index (χ2v) is 5.51. The van der Waals surface area contributed by atoms with Crippen molar-refractivity contribution in [2.45, 2.75) is 39.7 Å². The van der Waals surface area contributed by atoms with E-state index in [2.05, 4.69) is 18.7 Å². The molecule has 2 atom stereocenters. The van der Waals surface area contributed by atoms with Crippen LogP contribution in [0, 0.1) is 5.92 Å². The Labute approximate surface area is 127 Å². The molecule has 2 unspecified atom stereocenters. The second kappa shape index (κ2) is 9.40. The fraction of sp³-hybridized carbons (Fsp3) is 0.588. The van der Waals surface area contributed by atoms with Crippen molar-refractivity contribution >= 4 is 5.97 Å². The highest BCUT2D eigenvalue weighted by Gasteiger charge is 2.19. The molecule has 0 aromatic heterocycles. The number of para-hydroxylation sites is 1. The monoisotopic (exact) mass is 293 g/mol. The second-order valence-electron chi connectivity index (χ2n) is 5.51. The predicted molar refractivity (Wildman–Crippen MR) is 84.7 cm³/mol. The molecule has 1 N–H and O–H groups in total. The standard InChI is InChI=1S/C17H27NO3/c1-4-15(3)18(13-14(2)17(19)20)11-8-12-21-16-9-6-5-7-10-16/h5-7,9-10,14-15H,4,8,11-13H2,1-3H3,(H,19,20). The summed E-state index contributed by atoms with van der Waals surface area (Å²) in [5.74, 6) is -0.190. The quantitative estimate of drug-likeness (QED) is 0.673. The molecule has 1 rings (SSSR count). The summed E-state index contributed by atoms with van der Waals surface area (Å²) in [4.78, 5) is 13.3. The third kappa shape index (κ3) is 6.63. The van der Waals surface area contributed by atoms with Crippen LogP contribution >= 0.6 is 0 Å². The average molecular weight is 293 g/mol. The molecule has 0 heterocycles. The van der Waals surface area contributed by atoms with Gasteiger partial charge in [-0.3, -0.25) is 9.69 Å². The van der Waals surface area contributed by atoms with Crippen molar-refractivity contribution in [2.75, 3.05) is 19.7 Å². The number of carboxylic acids is 1. The Bertz CT molecular complexity index is 408. The number of ether oxygens (including phenoxy) is 1. The van der Waals surface area contributed by atoms with Gasteiger partial charge in [0.1, 0.15) is 5.75 Å². The first-order chi connectivity index (χ1) is 10.0. The van der Waals surface area contributed by atoms with E-state index in [-0.39, 0.29) is 5.92 Å². The number of carboxylic acid groups (broad SMARTS) is 1. The van der Waals surface area contributed by atoms with Gasteiger partial charge in [-0.05, 0) is 31.9 Å². The number of rotatable bonds is 10. The Morgan fingerprint density at radius 1 is 1.29 bits per heavy atom. The maximum absolute atomic E-state index is 11.0. The first-order valence-electron chi connectivity index (χ1n) is 7.69. The molecule has 1 aromatic carbocycles. The van der Waals surface area contributed by atoms with E-state index in [0.717, 1.165) is 25.1 Å². The zero-order chi connectivity index (χ0) is 15.7. The molecule has 0 spiro atoms. The third-order valence-corrected chi connectivity index (χ3v) is 3.75. The van der Waals surface area contributed by atoms with E-state index < -0.39 is 5.97 Å². The maximum Gasteiger partial charge on any atom is 0.307 e. The predicted octanol–water partition coefficient (Wildman–Crippen LogP) is 3.28. The molecule has 21 heavy (non-hydrogen) atoms. The van der Waals surface area contributed by atoms with E-state index >= 15 is 0 Å². The van der Waals surface area contributed by atoms with E-state index in [1.54, 1.807) is 6.92 Å². The minimum atomic E-state index is -0.733. The third-order valence-electron chi connectivity index (χ3n) is 3.75. The summed E-state index contributed by atoms with van der Waals surface area (Å²) in [5.41, 5.74) is 0. The van der Waals surface area contributed by atoms with E-state index in [4.69, 9.17) is 9.84 Å². The molecule has 0 fully saturated rings. The van der Waals surface area contributed by atoms with Gasteiger partial charge in [0, 0.05) is 19.1 Å². The highest BCUT2D eigenvalue weighted by Crippen LogP contribution is 2.11. The Morgan fingerprint density at radius 2 is 1.95 bits per heavy atom. The number of hydrogen-bond acceptors (Lipinski definition) is 3. The molecule has 0 saturated heterocycles. The van der Waals surface area contributed by atoms with Gasteiger partial charge in [-0.25, -0.2) is 0 Å². The van der Waals surface area contributed by atoms with Crippen molar-refractivity contribution in [2.24, 2.45) is 5.92 Å². The van der Waals surface area contributed by atoms with Crippen molar-refractivity contribution in [1.82, 2.24) is 4.90 Å². The van der Waals surface area contributed by atoms with Gasteiger partial charge in [-0.15, -0.1) is 0 Å². The zero-order valence-corrected chi connectivity index (χ0v) is 13.3. The number of aliphatic carboxylic acids is 1. The summed E-state index contributed by atoms with van der Waals surface area (Å²) in [7, 11) is 0. The van der Waals surface area contributed by atoms with Crippen LogP contribution in [0.15, 0.2) is 30.3 Å². The van der Waals surface area contributed by atoms with Crippen LogP contribution in [0.1, 0.15) is 33.6 Å². The molecule has 1 aromatic rings. The van der Waals surface area contributed by atoms with E-state index in [1.807, 2.05) is 30.3 Å². The highest BCUT2D eigenvalue weighted by atomic mass is 16.5. The number of hydrogen-bond donors (Lipinski definition) is 1. The number of benzene rings is 1. The number of carbonyl (C=O) groups is 1. The van der Waals surface area contributed by atoms with Gasteiger partial charge in [-0.2, -0.15) is 0 Å². The molecule has 0 amide bonds. The Kier molecular flexibility index (Phi) is 7.83. The molecule has 0 aliphatic rings. The molecule has 4 heteroatoms. The highest BCUT2D eigenvalue weighted by molar-refractivity contribution is 5.69. The summed E-state index contributed by atoms with van der Waals surface area (Å²) < 4.78 is 5.68. The van der Waals surface area contributed by atoms with Crippen molar-refractivity contribution in [3.05, 3.63) is 30.3 Å². The molecule has 4 nitrogen and oxygen atoms in total. The fourth-order valence-corrected chi connectivity index (χ4v) is 2.15. The van der Waals surface area contributed by atoms with Crippen LogP contribution in [0.4, 0.5) is 0 Å². The van der Waals surface area contributed by atoms with Crippen LogP contribution in [0.5, 0.6) is 5.75 Å². The maximum atomic E-state index is 11.0. The van der Waals surface area contributed by atoms with Gasteiger partial charge in [0.2, 0.25) is 0 Å². The van der Waals surface area contributed by atoms with Crippen LogP contribution < -0.4 is 4.74 Å². The summed E-state index contributed by atoms with van der Waals surface area (Å²) in [6.45, 7) is 8.14. The number of nitrogens with zero attached hydrogens (tertiary/aromatic N) is 1. The summed E-state index contributed by atoms with van der Waals surface area (Å²) in [6.07, 6.45) is 1.91. The molecule has 0 bridgehead atoms. The van der Waals surface area contributed by atoms with E-state index in [1.165, 1.54) is 0 Å². The largest absolute Gasteiger partial charge is 0.494 e. The van der Waals surface area contributed by atoms with Crippen molar-refractivity contribution in [1.29, 1.82) is 0 Å².